The average Bonchev–Trinajstić information content (AvgIpc) is 2.89. The van der Waals surface area contributed by atoms with E-state index in [2.05, 4.69) is 21.2 Å². The second kappa shape index (κ2) is 6.13. The number of nitrogens with zero attached hydrogens (tertiary/aromatic N) is 1. The Hall–Kier alpha value is -0.450. The van der Waals surface area contributed by atoms with Gasteiger partial charge in [0.1, 0.15) is 0 Å². The molecule has 3 nitrogen and oxygen atoms in total. The van der Waals surface area contributed by atoms with Crippen LogP contribution in [0.1, 0.15) is 12.8 Å². The van der Waals surface area contributed by atoms with Gasteiger partial charge in [0.15, 0.2) is 0 Å². The first-order valence-electron chi connectivity index (χ1n) is 5.74. The molecule has 1 aromatic rings. The summed E-state index contributed by atoms with van der Waals surface area (Å²) in [5, 5.41) is 3.91. The molecule has 0 aromatic heterocycles. The normalized spacial score (nSPS) is 14.9. The van der Waals surface area contributed by atoms with Gasteiger partial charge in [-0.15, -0.1) is 0 Å². The number of nitrogens with one attached hydrogen (secondary N) is 1. The maximum absolute atomic E-state index is 11.9. The van der Waals surface area contributed by atoms with E-state index < -0.39 is 0 Å². The zero-order valence-corrected chi connectivity index (χ0v) is 12.8. The first kappa shape index (κ1) is 14.0. The molecule has 0 saturated carbocycles. The molecule has 1 aliphatic heterocycles. The van der Waals surface area contributed by atoms with Crippen molar-refractivity contribution in [1.29, 1.82) is 0 Å². The molecule has 1 amide bonds. The van der Waals surface area contributed by atoms with Gasteiger partial charge in [0.2, 0.25) is 5.91 Å². The number of carbonyl (C=O) groups is 1. The van der Waals surface area contributed by atoms with Crippen LogP contribution < -0.4 is 5.32 Å². The summed E-state index contributed by atoms with van der Waals surface area (Å²) in [7, 11) is 0. The minimum absolute atomic E-state index is 0.0996. The molecule has 0 aliphatic carbocycles. The van der Waals surface area contributed by atoms with E-state index >= 15 is 0 Å². The van der Waals surface area contributed by atoms with E-state index in [1.165, 1.54) is 0 Å². The molecule has 1 heterocycles. The summed E-state index contributed by atoms with van der Waals surface area (Å²) in [5.41, 5.74) is 0.678. The lowest BCUT2D eigenvalue weighted by molar-refractivity contribution is -0.128. The van der Waals surface area contributed by atoms with Gasteiger partial charge >= 0.3 is 0 Å². The van der Waals surface area contributed by atoms with Crippen molar-refractivity contribution in [2.24, 2.45) is 0 Å². The zero-order valence-electron chi connectivity index (χ0n) is 9.68. The molecule has 6 heteroatoms. The van der Waals surface area contributed by atoms with Gasteiger partial charge in [-0.1, -0.05) is 23.2 Å². The Morgan fingerprint density at radius 1 is 1.28 bits per heavy atom. The molecule has 0 radical (unpaired) electrons. The highest BCUT2D eigenvalue weighted by Gasteiger charge is 2.18. The van der Waals surface area contributed by atoms with Crippen LogP contribution in [0, 0.1) is 0 Å². The van der Waals surface area contributed by atoms with Crippen LogP contribution in [-0.4, -0.2) is 30.4 Å². The van der Waals surface area contributed by atoms with Gasteiger partial charge in [-0.25, -0.2) is 0 Å². The Labute approximate surface area is 125 Å². The molecule has 0 spiro atoms. The molecule has 18 heavy (non-hydrogen) atoms. The summed E-state index contributed by atoms with van der Waals surface area (Å²) in [6, 6.07) is 3.60. The van der Waals surface area contributed by atoms with Crippen molar-refractivity contribution >= 4 is 50.7 Å². The standard InChI is InChI=1S/C12H13BrCl2N2O/c13-8-3-4-9(12(15)11(8)14)16-7-10(18)17-5-1-2-6-17/h3-4,16H,1-2,5-7H2. The largest absolute Gasteiger partial charge is 0.375 e. The summed E-state index contributed by atoms with van der Waals surface area (Å²) in [6.07, 6.45) is 2.19. The average molecular weight is 352 g/mol. The predicted molar refractivity (Wildman–Crippen MR) is 78.5 cm³/mol. The fraction of sp³-hybridized carbons (Fsp3) is 0.417. The molecule has 0 bridgehead atoms. The maximum Gasteiger partial charge on any atom is 0.241 e. The van der Waals surface area contributed by atoms with E-state index in [9.17, 15) is 4.79 Å². The Kier molecular flexibility index (Phi) is 4.76. The van der Waals surface area contributed by atoms with Crippen LogP contribution in [0.25, 0.3) is 0 Å². The molecule has 1 saturated heterocycles. The molecule has 1 aliphatic rings. The van der Waals surface area contributed by atoms with Crippen LogP contribution in [0.15, 0.2) is 16.6 Å². The molecular weight excluding hydrogens is 339 g/mol. The maximum atomic E-state index is 11.9. The lowest BCUT2D eigenvalue weighted by atomic mass is 10.3. The van der Waals surface area contributed by atoms with Crippen molar-refractivity contribution < 1.29 is 4.79 Å². The molecule has 1 fully saturated rings. The van der Waals surface area contributed by atoms with Crippen LogP contribution in [-0.2, 0) is 4.79 Å². The van der Waals surface area contributed by atoms with Gasteiger partial charge in [-0.2, -0.15) is 0 Å². The third kappa shape index (κ3) is 3.11. The first-order valence-corrected chi connectivity index (χ1v) is 7.29. The third-order valence-corrected chi connectivity index (χ3v) is 4.70. The van der Waals surface area contributed by atoms with Crippen molar-refractivity contribution in [3.8, 4) is 0 Å². The minimum Gasteiger partial charge on any atom is -0.375 e. The van der Waals surface area contributed by atoms with Gasteiger partial charge < -0.3 is 10.2 Å². The summed E-state index contributed by atoms with van der Waals surface area (Å²) in [5.74, 6) is 0.0996. The van der Waals surface area contributed by atoms with Gasteiger partial charge in [-0.05, 0) is 40.9 Å². The van der Waals surface area contributed by atoms with Crippen LogP contribution >= 0.6 is 39.1 Å². The van der Waals surface area contributed by atoms with E-state index in [4.69, 9.17) is 23.2 Å². The number of carbonyl (C=O) groups excluding carboxylic acids is 1. The topological polar surface area (TPSA) is 32.3 Å². The second-order valence-corrected chi connectivity index (χ2v) is 5.77. The molecule has 0 unspecified atom stereocenters. The van der Waals surface area contributed by atoms with E-state index in [0.29, 0.717) is 15.7 Å². The SMILES string of the molecule is O=C(CNc1ccc(Br)c(Cl)c1Cl)N1CCCC1. The fourth-order valence-electron chi connectivity index (χ4n) is 1.91. The number of hydrogen-bond donors (Lipinski definition) is 1. The monoisotopic (exact) mass is 350 g/mol. The van der Waals surface area contributed by atoms with Crippen LogP contribution in [0.2, 0.25) is 10.0 Å². The highest BCUT2D eigenvalue weighted by Crippen LogP contribution is 2.35. The van der Waals surface area contributed by atoms with E-state index in [0.717, 1.165) is 30.4 Å². The number of rotatable bonds is 3. The Balaban J connectivity index is 1.98. The number of halogens is 3. The van der Waals surface area contributed by atoms with Crippen molar-refractivity contribution in [3.63, 3.8) is 0 Å². The summed E-state index contributed by atoms with van der Waals surface area (Å²) >= 11 is 15.4. The fourth-order valence-corrected chi connectivity index (χ4v) is 2.75. The summed E-state index contributed by atoms with van der Waals surface area (Å²) in [4.78, 5) is 13.7. The number of benzene rings is 1. The molecule has 2 rings (SSSR count). The summed E-state index contributed by atoms with van der Waals surface area (Å²) in [6.45, 7) is 1.96. The van der Waals surface area contributed by atoms with Gasteiger partial charge in [0, 0.05) is 17.6 Å². The van der Waals surface area contributed by atoms with E-state index in [1.807, 2.05) is 4.90 Å². The van der Waals surface area contributed by atoms with E-state index in [-0.39, 0.29) is 12.5 Å². The van der Waals surface area contributed by atoms with Crippen molar-refractivity contribution in [3.05, 3.63) is 26.7 Å². The number of amides is 1. The highest BCUT2D eigenvalue weighted by atomic mass is 79.9. The first-order chi connectivity index (χ1) is 8.59. The quantitative estimate of drug-likeness (QED) is 0.840. The van der Waals surface area contributed by atoms with Crippen LogP contribution in [0.3, 0.4) is 0 Å². The minimum atomic E-state index is 0.0996. The Morgan fingerprint density at radius 3 is 2.61 bits per heavy atom. The predicted octanol–water partition coefficient (Wildman–Crippen LogP) is 3.79. The number of hydrogen-bond acceptors (Lipinski definition) is 2. The van der Waals surface area contributed by atoms with Crippen LogP contribution in [0.4, 0.5) is 5.69 Å². The van der Waals surface area contributed by atoms with Gasteiger partial charge in [0.25, 0.3) is 0 Å². The third-order valence-electron chi connectivity index (χ3n) is 2.92. The second-order valence-electron chi connectivity index (χ2n) is 4.16. The van der Waals surface area contributed by atoms with E-state index in [1.54, 1.807) is 12.1 Å². The van der Waals surface area contributed by atoms with Gasteiger partial charge in [0.05, 0.1) is 22.3 Å². The summed E-state index contributed by atoms with van der Waals surface area (Å²) < 4.78 is 0.741. The van der Waals surface area contributed by atoms with Crippen molar-refractivity contribution in [1.82, 2.24) is 4.90 Å². The van der Waals surface area contributed by atoms with Crippen molar-refractivity contribution in [2.75, 3.05) is 25.0 Å². The lowest BCUT2D eigenvalue weighted by Crippen LogP contribution is -2.33. The number of anilines is 1. The highest BCUT2D eigenvalue weighted by molar-refractivity contribution is 9.10. The van der Waals surface area contributed by atoms with Crippen LogP contribution in [0.5, 0.6) is 0 Å². The molecular formula is C12H13BrCl2N2O. The number of likely N-dealkylation sites (tertiary alicyclic amines) is 1. The Bertz CT molecular complexity index is 462. The molecule has 0 atom stereocenters. The van der Waals surface area contributed by atoms with Crippen molar-refractivity contribution in [2.45, 2.75) is 12.8 Å². The molecule has 1 aromatic carbocycles. The Morgan fingerprint density at radius 2 is 1.94 bits per heavy atom. The smallest absolute Gasteiger partial charge is 0.241 e. The molecule has 98 valence electrons. The lowest BCUT2D eigenvalue weighted by Gasteiger charge is -2.16. The molecule has 1 N–H and O–H groups in total. The zero-order chi connectivity index (χ0) is 13.1. The van der Waals surface area contributed by atoms with Gasteiger partial charge in [-0.3, -0.25) is 4.79 Å².